The van der Waals surface area contributed by atoms with Crippen LogP contribution in [-0.2, 0) is 16.4 Å². The Kier molecular flexibility index (Phi) is 7.40. The molecule has 0 aliphatic carbocycles. The number of hydrogen-bond donors (Lipinski definition) is 3. The number of aromatic nitrogens is 1. The molecule has 2 aliphatic rings. The van der Waals surface area contributed by atoms with Crippen LogP contribution in [0.25, 0.3) is 0 Å². The van der Waals surface area contributed by atoms with Crippen LogP contribution in [0.5, 0.6) is 11.5 Å². The molecule has 8 nitrogen and oxygen atoms in total. The average molecular weight is 534 g/mol. The highest BCUT2D eigenvalue weighted by atomic mass is 32.2. The molecule has 1 aromatic heterocycles. The van der Waals surface area contributed by atoms with E-state index >= 15 is 0 Å². The van der Waals surface area contributed by atoms with E-state index in [-0.39, 0.29) is 5.75 Å². The Bertz CT molecular complexity index is 1470. The molecule has 0 atom stereocenters. The fourth-order valence-corrected chi connectivity index (χ4v) is 5.03. The number of anilines is 2. The van der Waals surface area contributed by atoms with Crippen LogP contribution in [0.4, 0.5) is 10.8 Å². The Labute approximate surface area is 220 Å². The molecule has 3 aromatic rings. The number of dihydropyridines is 1. The number of nitrogens with one attached hydrogen (secondary N) is 3. The molecule has 0 unspecified atom stereocenters. The van der Waals surface area contributed by atoms with E-state index in [0.29, 0.717) is 13.1 Å². The molecule has 3 N–H and O–H groups in total. The van der Waals surface area contributed by atoms with E-state index in [2.05, 4.69) is 22.2 Å². The van der Waals surface area contributed by atoms with Crippen molar-refractivity contribution >= 4 is 32.0 Å². The summed E-state index contributed by atoms with van der Waals surface area (Å²) in [4.78, 5) is 6.70. The van der Waals surface area contributed by atoms with Crippen molar-refractivity contribution in [2.75, 3.05) is 28.8 Å². The number of sulfone groups is 1. The monoisotopic (exact) mass is 533 g/mol. The summed E-state index contributed by atoms with van der Waals surface area (Å²) in [5.41, 5.74) is 4.84. The minimum atomic E-state index is -2.98. The van der Waals surface area contributed by atoms with Crippen LogP contribution in [0.3, 0.4) is 0 Å². The Hall–Kier alpha value is -3.86. The molecule has 0 saturated carbocycles. The van der Waals surface area contributed by atoms with Crippen molar-refractivity contribution < 1.29 is 13.2 Å². The van der Waals surface area contributed by atoms with Crippen molar-refractivity contribution in [2.24, 2.45) is 0 Å². The van der Waals surface area contributed by atoms with E-state index in [0.717, 1.165) is 44.9 Å². The minimum Gasteiger partial charge on any atom is -0.457 e. The third-order valence-electron chi connectivity index (χ3n) is 5.58. The van der Waals surface area contributed by atoms with Crippen LogP contribution in [0.2, 0.25) is 0 Å². The van der Waals surface area contributed by atoms with Gasteiger partial charge in [-0.2, -0.15) is 0 Å². The van der Waals surface area contributed by atoms with Crippen LogP contribution in [0, 0.1) is 0 Å². The van der Waals surface area contributed by atoms with Gasteiger partial charge in [-0.25, -0.2) is 13.4 Å². The van der Waals surface area contributed by atoms with Crippen molar-refractivity contribution in [1.82, 2.24) is 15.6 Å². The summed E-state index contributed by atoms with van der Waals surface area (Å²) in [7, 11) is -2.98. The number of para-hydroxylation sites is 1. The zero-order valence-corrected chi connectivity index (χ0v) is 21.9. The second kappa shape index (κ2) is 11.0. The Balaban J connectivity index is 1.23. The summed E-state index contributed by atoms with van der Waals surface area (Å²) in [5.74, 6) is 1.68. The van der Waals surface area contributed by atoms with Crippen molar-refractivity contribution in [3.8, 4) is 11.5 Å². The second-order valence-electron chi connectivity index (χ2n) is 8.58. The standard InChI is InChI=1S/C27H27N5O3S2/c1-37(33,34)14-12-28-16-22-19-36-27(31-22)32-13-11-20-15-29-17-26(25(20)18-32)30-21-7-9-24(10-8-21)35-23-5-3-2-4-6-23/h2-11,13,15,17-19,28-30H,12,14,16H2,1H3. The lowest BCUT2D eigenvalue weighted by Gasteiger charge is -2.26. The number of allylic oxidation sites excluding steroid dienone is 2. The van der Waals surface area contributed by atoms with Crippen LogP contribution in [0.15, 0.2) is 108 Å². The van der Waals surface area contributed by atoms with Crippen molar-refractivity contribution in [3.63, 3.8) is 0 Å². The number of thiazole rings is 1. The summed E-state index contributed by atoms with van der Waals surface area (Å²) in [6, 6.07) is 17.5. The van der Waals surface area contributed by atoms with Gasteiger partial charge >= 0.3 is 0 Å². The average Bonchev–Trinajstić information content (AvgIpc) is 3.37. The molecule has 0 amide bonds. The quantitative estimate of drug-likeness (QED) is 0.322. The number of fused-ring (bicyclic) bond motifs is 1. The van der Waals surface area contributed by atoms with E-state index < -0.39 is 9.84 Å². The number of benzene rings is 2. The smallest absolute Gasteiger partial charge is 0.193 e. The van der Waals surface area contributed by atoms with Crippen molar-refractivity contribution in [3.05, 3.63) is 113 Å². The Morgan fingerprint density at radius 2 is 1.84 bits per heavy atom. The summed E-state index contributed by atoms with van der Waals surface area (Å²) >= 11 is 1.54. The topological polar surface area (TPSA) is 95.6 Å². The maximum Gasteiger partial charge on any atom is 0.193 e. The molecule has 3 heterocycles. The van der Waals surface area contributed by atoms with Gasteiger partial charge in [0.1, 0.15) is 21.3 Å². The Morgan fingerprint density at radius 1 is 1.05 bits per heavy atom. The van der Waals surface area contributed by atoms with Gasteiger partial charge in [0.25, 0.3) is 0 Å². The lowest BCUT2D eigenvalue weighted by Crippen LogP contribution is -2.22. The maximum atomic E-state index is 11.3. The van der Waals surface area contributed by atoms with Gasteiger partial charge in [-0.15, -0.1) is 11.3 Å². The second-order valence-corrected chi connectivity index (χ2v) is 11.7. The van der Waals surface area contributed by atoms with Crippen LogP contribution in [-0.4, -0.2) is 32.0 Å². The third kappa shape index (κ3) is 6.67. The van der Waals surface area contributed by atoms with Gasteiger partial charge in [-0.3, -0.25) is 4.90 Å². The van der Waals surface area contributed by atoms with E-state index in [1.165, 1.54) is 17.6 Å². The molecule has 37 heavy (non-hydrogen) atoms. The molecule has 190 valence electrons. The summed E-state index contributed by atoms with van der Waals surface area (Å²) in [6.07, 6.45) is 11.2. The first-order valence-corrected chi connectivity index (χ1v) is 14.7. The summed E-state index contributed by atoms with van der Waals surface area (Å²) < 4.78 is 28.5. The molecule has 0 bridgehead atoms. The molecule has 2 aliphatic heterocycles. The van der Waals surface area contributed by atoms with E-state index in [9.17, 15) is 8.42 Å². The number of nitrogens with zero attached hydrogens (tertiary/aromatic N) is 2. The van der Waals surface area contributed by atoms with E-state index in [1.54, 1.807) is 0 Å². The van der Waals surface area contributed by atoms with Crippen LogP contribution >= 0.6 is 11.3 Å². The largest absolute Gasteiger partial charge is 0.457 e. The van der Waals surface area contributed by atoms with Gasteiger partial charge in [0.2, 0.25) is 0 Å². The molecule has 0 saturated heterocycles. The molecular weight excluding hydrogens is 506 g/mol. The first-order valence-electron chi connectivity index (χ1n) is 11.7. The van der Waals surface area contributed by atoms with Gasteiger partial charge in [0.15, 0.2) is 5.13 Å². The molecule has 2 aromatic carbocycles. The van der Waals surface area contributed by atoms with Crippen molar-refractivity contribution in [1.29, 1.82) is 0 Å². The minimum absolute atomic E-state index is 0.110. The fraction of sp³-hybridized carbons (Fsp3) is 0.148. The highest BCUT2D eigenvalue weighted by Gasteiger charge is 2.20. The number of hydrogen-bond acceptors (Lipinski definition) is 9. The Morgan fingerprint density at radius 3 is 2.62 bits per heavy atom. The summed E-state index contributed by atoms with van der Waals surface area (Å²) in [5, 5.41) is 12.7. The van der Waals surface area contributed by atoms with E-state index in [1.807, 2.05) is 89.6 Å². The molecular formula is C27H27N5O3S2. The molecule has 10 heteroatoms. The number of ether oxygens (including phenoxy) is 1. The van der Waals surface area contributed by atoms with Crippen LogP contribution < -0.4 is 25.6 Å². The highest BCUT2D eigenvalue weighted by Crippen LogP contribution is 2.32. The molecule has 0 radical (unpaired) electrons. The number of rotatable bonds is 10. The van der Waals surface area contributed by atoms with Gasteiger partial charge in [-0.05, 0) is 42.5 Å². The van der Waals surface area contributed by atoms with E-state index in [4.69, 9.17) is 9.72 Å². The predicted octanol–water partition coefficient (Wildman–Crippen LogP) is 4.73. The zero-order chi connectivity index (χ0) is 25.7. The lowest BCUT2D eigenvalue weighted by molar-refractivity contribution is 0.483. The SMILES string of the molecule is CS(=O)(=O)CCNCc1csc(N2C=CC3=CNC=C(Nc4ccc(Oc5ccccc5)cc4)C3=C2)n1. The maximum absolute atomic E-state index is 11.3. The van der Waals surface area contributed by atoms with Gasteiger partial charge in [-0.1, -0.05) is 18.2 Å². The van der Waals surface area contributed by atoms with Gasteiger partial charge in [0, 0.05) is 66.4 Å². The van der Waals surface area contributed by atoms with Crippen molar-refractivity contribution in [2.45, 2.75) is 6.54 Å². The first-order chi connectivity index (χ1) is 17.9. The molecule has 0 fully saturated rings. The third-order valence-corrected chi connectivity index (χ3v) is 7.43. The normalized spacial score (nSPS) is 14.7. The molecule has 5 rings (SSSR count). The first kappa shape index (κ1) is 24.8. The zero-order valence-electron chi connectivity index (χ0n) is 20.2. The van der Waals surface area contributed by atoms with Gasteiger partial charge < -0.3 is 20.7 Å². The summed E-state index contributed by atoms with van der Waals surface area (Å²) in [6.45, 7) is 0.922. The lowest BCUT2D eigenvalue weighted by atomic mass is 10.0. The predicted molar refractivity (Wildman–Crippen MR) is 149 cm³/mol. The van der Waals surface area contributed by atoms with Crippen LogP contribution in [0.1, 0.15) is 5.69 Å². The fourth-order valence-electron chi connectivity index (χ4n) is 3.73. The highest BCUT2D eigenvalue weighted by molar-refractivity contribution is 7.90. The molecule has 0 spiro atoms. The van der Waals surface area contributed by atoms with Gasteiger partial charge in [0.05, 0.1) is 17.1 Å².